The van der Waals surface area contributed by atoms with Crippen molar-refractivity contribution in [1.82, 2.24) is 0 Å². The molecule has 27 heavy (non-hydrogen) atoms. The fraction of sp³-hybridized carbons (Fsp3) is 0.125. The van der Waals surface area contributed by atoms with Gasteiger partial charge in [0.2, 0.25) is 0 Å². The van der Waals surface area contributed by atoms with Crippen LogP contribution in [0.2, 0.25) is 0 Å². The third-order valence-corrected chi connectivity index (χ3v) is 1.11. The number of halogens is 12. The molecule has 0 spiro atoms. The zero-order valence-electron chi connectivity index (χ0n) is 12.1. The van der Waals surface area contributed by atoms with Gasteiger partial charge in [-0.05, 0) is 12.1 Å². The number of carboxylic acids is 1. The van der Waals surface area contributed by atoms with Gasteiger partial charge in [0.25, 0.3) is 0 Å². The van der Waals surface area contributed by atoms with Crippen molar-refractivity contribution >= 4 is 46.6 Å². The zero-order chi connectivity index (χ0) is 21.6. The molecule has 0 unspecified atom stereocenters. The molecule has 0 radical (unpaired) electrons. The predicted octanol–water partition coefficient (Wildman–Crippen LogP) is 4.40. The molecule has 0 saturated heterocycles. The first-order valence-corrected chi connectivity index (χ1v) is 5.80. The van der Waals surface area contributed by atoms with E-state index < -0.39 is 27.7 Å². The summed E-state index contributed by atoms with van der Waals surface area (Å²) < 4.78 is 122. The van der Waals surface area contributed by atoms with Crippen molar-refractivity contribution in [3.05, 3.63) is 30.3 Å². The molecule has 0 amide bonds. The van der Waals surface area contributed by atoms with Gasteiger partial charge in [0.1, 0.15) is 5.75 Å². The zero-order valence-corrected chi connectivity index (χ0v) is 12.1. The Morgan fingerprint density at radius 2 is 1.00 bits per heavy atom. The Bertz CT molecular complexity index is 435. The molecular formula is C8H9B3F12LiO3-3. The van der Waals surface area contributed by atoms with Crippen molar-refractivity contribution < 1.29 is 66.4 Å². The normalized spacial score (nSPS) is 10.4. The molecule has 1 aromatic rings. The third kappa shape index (κ3) is 94.0. The number of aliphatic carboxylic acids is 1. The minimum atomic E-state index is -6.00. The first-order valence-electron chi connectivity index (χ1n) is 5.80. The summed E-state index contributed by atoms with van der Waals surface area (Å²) in [5.74, 6) is -0.385. The summed E-state index contributed by atoms with van der Waals surface area (Å²) in [6.07, 6.45) is 0. The summed E-state index contributed by atoms with van der Waals surface area (Å²) in [4.78, 5) is 10.0. The number of ether oxygens (including phenoxy) is 1. The Morgan fingerprint density at radius 3 is 1.22 bits per heavy atom. The van der Waals surface area contributed by atoms with Crippen molar-refractivity contribution in [2.24, 2.45) is 0 Å². The Balaban J connectivity index is -0.000000142. The van der Waals surface area contributed by atoms with Gasteiger partial charge in [0.15, 0.2) is 6.61 Å². The van der Waals surface area contributed by atoms with E-state index in [2.05, 4.69) is 0 Å². The second-order valence-electron chi connectivity index (χ2n) is 3.48. The summed E-state index contributed by atoms with van der Waals surface area (Å²) in [5, 5.41) is 8.25. The molecule has 0 atom stereocenters. The fourth-order valence-electron chi connectivity index (χ4n) is 0.662. The molecule has 0 fully saturated rings. The molecule has 0 aliphatic carbocycles. The number of hydrogen-bond donors (Lipinski definition) is 1. The molecule has 1 rings (SSSR count). The number of hydrogen-bond acceptors (Lipinski definition) is 2. The predicted molar refractivity (Wildman–Crippen MR) is 77.3 cm³/mol. The van der Waals surface area contributed by atoms with Gasteiger partial charge < -0.3 is 61.6 Å². The third-order valence-electron chi connectivity index (χ3n) is 1.11. The van der Waals surface area contributed by atoms with Crippen LogP contribution >= 0.6 is 0 Å². The Kier molecular flexibility index (Phi) is 19.0. The van der Waals surface area contributed by atoms with Crippen molar-refractivity contribution in [3.63, 3.8) is 0 Å². The van der Waals surface area contributed by atoms with Crippen LogP contribution in [0.25, 0.3) is 0 Å². The molecule has 3 nitrogen and oxygen atoms in total. The van der Waals surface area contributed by atoms with Gasteiger partial charge in [0.05, 0.1) is 0 Å². The van der Waals surface area contributed by atoms with Crippen LogP contribution in [0.3, 0.4) is 0 Å². The number of rotatable bonds is 3. The molecule has 1 aromatic carbocycles. The number of para-hydroxylation sites is 1. The SMILES string of the molecule is F[B-](F)(F)F.F[B-](F)(F)F.F[B-](F)(F)F.O=C(O)COc1ccccc1.[LiH]. The van der Waals surface area contributed by atoms with E-state index in [1.807, 2.05) is 6.07 Å². The van der Waals surface area contributed by atoms with Crippen LogP contribution in [0.15, 0.2) is 30.3 Å². The van der Waals surface area contributed by atoms with Crippen molar-refractivity contribution in [2.75, 3.05) is 6.61 Å². The van der Waals surface area contributed by atoms with Crippen molar-refractivity contribution in [2.45, 2.75) is 0 Å². The number of carboxylic acid groups (broad SMARTS) is 1. The summed E-state index contributed by atoms with van der Waals surface area (Å²) >= 11 is 0. The van der Waals surface area contributed by atoms with Gasteiger partial charge in [-0.15, -0.1) is 0 Å². The molecule has 19 heteroatoms. The molecule has 0 heterocycles. The molecule has 0 aliphatic rings. The van der Waals surface area contributed by atoms with E-state index in [1.54, 1.807) is 24.3 Å². The standard InChI is InChI=1S/C8H8O3.3BF4.Li.H/c9-8(10)6-11-7-4-2-1-3-5-7;3*2-1(3,4)5;;/h1-5H,6H2,(H,9,10);;;;;/q;3*-1;;. The molecule has 0 aliphatic heterocycles. The Hall–Kier alpha value is -1.56. The van der Waals surface area contributed by atoms with Gasteiger partial charge in [-0.1, -0.05) is 18.2 Å². The molecule has 0 aromatic heterocycles. The van der Waals surface area contributed by atoms with Crippen LogP contribution < -0.4 is 4.74 Å². The van der Waals surface area contributed by atoms with Gasteiger partial charge in [-0.3, -0.25) is 0 Å². The molecule has 0 saturated carbocycles. The summed E-state index contributed by atoms with van der Waals surface area (Å²) in [6.45, 7) is -0.288. The second kappa shape index (κ2) is 15.5. The quantitative estimate of drug-likeness (QED) is 0.582. The first kappa shape index (κ1) is 33.1. The maximum atomic E-state index is 10.0. The van der Waals surface area contributed by atoms with Crippen molar-refractivity contribution in [1.29, 1.82) is 0 Å². The van der Waals surface area contributed by atoms with E-state index in [0.29, 0.717) is 5.75 Å². The molecular weight excluding hydrogens is 411 g/mol. The van der Waals surface area contributed by atoms with E-state index in [1.165, 1.54) is 0 Å². The average molecular weight is 421 g/mol. The van der Waals surface area contributed by atoms with E-state index in [0.717, 1.165) is 0 Å². The first-order chi connectivity index (χ1) is 11.3. The van der Waals surface area contributed by atoms with Gasteiger partial charge in [-0.2, -0.15) is 0 Å². The average Bonchev–Trinajstić information content (AvgIpc) is 2.31. The minimum absolute atomic E-state index is 0. The van der Waals surface area contributed by atoms with E-state index in [4.69, 9.17) is 9.84 Å². The van der Waals surface area contributed by atoms with Gasteiger partial charge >= 0.3 is 46.6 Å². The molecule has 0 bridgehead atoms. The maximum absolute atomic E-state index is 10.0. The van der Waals surface area contributed by atoms with Crippen LogP contribution in [0, 0.1) is 0 Å². The van der Waals surface area contributed by atoms with Crippen molar-refractivity contribution in [3.8, 4) is 5.75 Å². The van der Waals surface area contributed by atoms with Crippen LogP contribution in [-0.4, -0.2) is 58.3 Å². The van der Waals surface area contributed by atoms with Crippen LogP contribution in [-0.2, 0) is 4.79 Å². The monoisotopic (exact) mass is 421 g/mol. The van der Waals surface area contributed by atoms with Crippen LogP contribution in [0.4, 0.5) is 51.8 Å². The Labute approximate surface area is 156 Å². The Morgan fingerprint density at radius 1 is 0.741 bits per heavy atom. The van der Waals surface area contributed by atoms with E-state index >= 15 is 0 Å². The van der Waals surface area contributed by atoms with Gasteiger partial charge in [-0.25, -0.2) is 4.79 Å². The summed E-state index contributed by atoms with van der Waals surface area (Å²) in [6, 6.07) is 8.84. The van der Waals surface area contributed by atoms with Gasteiger partial charge in [0, 0.05) is 0 Å². The van der Waals surface area contributed by atoms with E-state index in [-0.39, 0.29) is 25.5 Å². The summed E-state index contributed by atoms with van der Waals surface area (Å²) in [7, 11) is -18.0. The number of benzene rings is 1. The van der Waals surface area contributed by atoms with Crippen LogP contribution in [0.5, 0.6) is 5.75 Å². The fourth-order valence-corrected chi connectivity index (χ4v) is 0.662. The summed E-state index contributed by atoms with van der Waals surface area (Å²) in [5.41, 5.74) is 0. The van der Waals surface area contributed by atoms with E-state index in [9.17, 15) is 56.6 Å². The topological polar surface area (TPSA) is 46.5 Å². The second-order valence-corrected chi connectivity index (χ2v) is 3.48. The molecule has 156 valence electrons. The number of carbonyl (C=O) groups is 1. The van der Waals surface area contributed by atoms with Crippen LogP contribution in [0.1, 0.15) is 0 Å². The molecule has 1 N–H and O–H groups in total.